The Balaban J connectivity index is 2.15. The maximum absolute atomic E-state index is 13.5. The number of nitro groups is 1. The second-order valence-electron chi connectivity index (χ2n) is 4.46. The molecule has 0 fully saturated rings. The van der Waals surface area contributed by atoms with Crippen LogP contribution >= 0.6 is 12.2 Å². The van der Waals surface area contributed by atoms with Gasteiger partial charge in [-0.15, -0.1) is 0 Å². The molecule has 0 heterocycles. The molecule has 0 spiro atoms. The van der Waals surface area contributed by atoms with Crippen molar-refractivity contribution in [1.29, 1.82) is 0 Å². The summed E-state index contributed by atoms with van der Waals surface area (Å²) in [6.07, 6.45) is 0. The van der Waals surface area contributed by atoms with E-state index in [4.69, 9.17) is 12.2 Å². The van der Waals surface area contributed by atoms with Crippen LogP contribution in [0.1, 0.15) is 5.56 Å². The van der Waals surface area contributed by atoms with E-state index < -0.39 is 16.6 Å². The van der Waals surface area contributed by atoms with Gasteiger partial charge in [0.05, 0.1) is 10.6 Å². The molecule has 0 unspecified atom stereocenters. The fourth-order valence-corrected chi connectivity index (χ4v) is 1.94. The molecular formula is C14H11F2N3O2S. The fraction of sp³-hybridized carbons (Fsp3) is 0.0714. The monoisotopic (exact) mass is 323 g/mol. The van der Waals surface area contributed by atoms with Crippen molar-refractivity contribution in [1.82, 2.24) is 0 Å². The molecule has 22 heavy (non-hydrogen) atoms. The number of rotatable bonds is 3. The Morgan fingerprint density at radius 2 is 1.82 bits per heavy atom. The number of aryl methyl sites for hydroxylation is 1. The van der Waals surface area contributed by atoms with Gasteiger partial charge in [-0.3, -0.25) is 10.1 Å². The van der Waals surface area contributed by atoms with Crippen LogP contribution in [0.3, 0.4) is 0 Å². The number of nitrogens with one attached hydrogen (secondary N) is 2. The molecule has 2 aromatic rings. The summed E-state index contributed by atoms with van der Waals surface area (Å²) >= 11 is 5.03. The Labute approximate surface area is 130 Å². The molecule has 0 aliphatic heterocycles. The van der Waals surface area contributed by atoms with Crippen molar-refractivity contribution in [3.8, 4) is 0 Å². The molecule has 0 atom stereocenters. The molecule has 5 nitrogen and oxygen atoms in total. The van der Waals surface area contributed by atoms with Crippen molar-refractivity contribution in [3.05, 3.63) is 63.7 Å². The molecule has 0 aromatic heterocycles. The van der Waals surface area contributed by atoms with Gasteiger partial charge in [-0.05, 0) is 36.8 Å². The number of hydrogen-bond donors (Lipinski definition) is 2. The summed E-state index contributed by atoms with van der Waals surface area (Å²) in [7, 11) is 0. The highest BCUT2D eigenvalue weighted by molar-refractivity contribution is 7.80. The lowest BCUT2D eigenvalue weighted by molar-refractivity contribution is -0.384. The molecule has 0 amide bonds. The Hall–Kier alpha value is -2.61. The van der Waals surface area contributed by atoms with E-state index in [1.54, 1.807) is 13.0 Å². The smallest absolute Gasteiger partial charge is 0.271 e. The van der Waals surface area contributed by atoms with Gasteiger partial charge in [0.15, 0.2) is 5.11 Å². The predicted octanol–water partition coefficient (Wildman–Crippen LogP) is 3.99. The summed E-state index contributed by atoms with van der Waals surface area (Å²) in [5.41, 5.74) is 1.06. The van der Waals surface area contributed by atoms with Gasteiger partial charge in [0.2, 0.25) is 0 Å². The number of non-ortho nitro benzene ring substituents is 1. The summed E-state index contributed by atoms with van der Waals surface area (Å²) in [6, 6.07) is 7.29. The van der Waals surface area contributed by atoms with Gasteiger partial charge in [-0.2, -0.15) is 0 Å². The second kappa shape index (κ2) is 6.44. The second-order valence-corrected chi connectivity index (χ2v) is 4.87. The van der Waals surface area contributed by atoms with Gasteiger partial charge in [0, 0.05) is 23.9 Å². The molecule has 0 bridgehead atoms. The van der Waals surface area contributed by atoms with Crippen LogP contribution in [0.15, 0.2) is 36.4 Å². The zero-order valence-electron chi connectivity index (χ0n) is 11.4. The Kier molecular flexibility index (Phi) is 4.62. The first kappa shape index (κ1) is 15.8. The van der Waals surface area contributed by atoms with Gasteiger partial charge in [0.25, 0.3) is 5.69 Å². The number of hydrogen-bond acceptors (Lipinski definition) is 3. The minimum atomic E-state index is -0.792. The summed E-state index contributed by atoms with van der Waals surface area (Å²) in [4.78, 5) is 10.2. The highest BCUT2D eigenvalue weighted by Gasteiger charge is 2.11. The molecular weight excluding hydrogens is 312 g/mol. The standard InChI is InChI=1S/C14H11F2N3O2S/c1-8-2-4-10(19(20)21)7-13(8)18-14(22)17-12-5-3-9(15)6-11(12)16/h2-7H,1H3,(H2,17,18,22). The predicted molar refractivity (Wildman–Crippen MR) is 84.0 cm³/mol. The maximum atomic E-state index is 13.5. The normalized spacial score (nSPS) is 10.1. The van der Waals surface area contributed by atoms with Crippen LogP contribution < -0.4 is 10.6 Å². The Bertz CT molecular complexity index is 753. The van der Waals surface area contributed by atoms with E-state index in [0.29, 0.717) is 5.69 Å². The zero-order chi connectivity index (χ0) is 16.3. The van der Waals surface area contributed by atoms with Gasteiger partial charge in [-0.1, -0.05) is 6.07 Å². The third kappa shape index (κ3) is 3.73. The number of benzene rings is 2. The SMILES string of the molecule is Cc1ccc([N+](=O)[O-])cc1NC(=S)Nc1ccc(F)cc1F. The topological polar surface area (TPSA) is 67.2 Å². The lowest BCUT2D eigenvalue weighted by Gasteiger charge is -2.13. The third-order valence-electron chi connectivity index (χ3n) is 2.86. The lowest BCUT2D eigenvalue weighted by atomic mass is 10.2. The number of thiocarbonyl (C=S) groups is 1. The highest BCUT2D eigenvalue weighted by Crippen LogP contribution is 2.22. The third-order valence-corrected chi connectivity index (χ3v) is 3.06. The zero-order valence-corrected chi connectivity index (χ0v) is 12.2. The first-order valence-electron chi connectivity index (χ1n) is 6.15. The molecule has 0 radical (unpaired) electrons. The maximum Gasteiger partial charge on any atom is 0.271 e. The van der Waals surface area contributed by atoms with E-state index >= 15 is 0 Å². The van der Waals surface area contributed by atoms with Crippen LogP contribution in [0.2, 0.25) is 0 Å². The molecule has 0 saturated carbocycles. The largest absolute Gasteiger partial charge is 0.332 e. The molecule has 2 aromatic carbocycles. The van der Waals surface area contributed by atoms with Crippen molar-refractivity contribution in [2.24, 2.45) is 0 Å². The molecule has 0 aliphatic rings. The van der Waals surface area contributed by atoms with Gasteiger partial charge in [-0.25, -0.2) is 8.78 Å². The van der Waals surface area contributed by atoms with E-state index in [9.17, 15) is 18.9 Å². The van der Waals surface area contributed by atoms with Gasteiger partial charge >= 0.3 is 0 Å². The average Bonchev–Trinajstić information content (AvgIpc) is 2.44. The number of nitro benzene ring substituents is 1. The van der Waals surface area contributed by atoms with Crippen molar-refractivity contribution >= 4 is 34.4 Å². The van der Waals surface area contributed by atoms with Crippen molar-refractivity contribution < 1.29 is 13.7 Å². The molecule has 8 heteroatoms. The average molecular weight is 323 g/mol. The van der Waals surface area contributed by atoms with E-state index in [2.05, 4.69) is 10.6 Å². The van der Waals surface area contributed by atoms with E-state index in [1.165, 1.54) is 18.2 Å². The van der Waals surface area contributed by atoms with Crippen LogP contribution in [0.5, 0.6) is 0 Å². The first-order chi connectivity index (χ1) is 10.4. The Morgan fingerprint density at radius 3 is 2.45 bits per heavy atom. The van der Waals surface area contributed by atoms with Gasteiger partial charge < -0.3 is 10.6 Å². The van der Waals surface area contributed by atoms with E-state index in [1.807, 2.05) is 0 Å². The van der Waals surface area contributed by atoms with E-state index in [-0.39, 0.29) is 16.5 Å². The number of halogens is 2. The number of nitrogens with zero attached hydrogens (tertiary/aromatic N) is 1. The quantitative estimate of drug-likeness (QED) is 0.508. The van der Waals surface area contributed by atoms with Crippen molar-refractivity contribution in [2.45, 2.75) is 6.92 Å². The lowest BCUT2D eigenvalue weighted by Crippen LogP contribution is -2.20. The molecule has 0 saturated heterocycles. The van der Waals surface area contributed by atoms with Crippen LogP contribution in [-0.2, 0) is 0 Å². The summed E-state index contributed by atoms with van der Waals surface area (Å²) in [5.74, 6) is -1.49. The van der Waals surface area contributed by atoms with Crippen LogP contribution in [0.25, 0.3) is 0 Å². The fourth-order valence-electron chi connectivity index (χ4n) is 1.72. The minimum absolute atomic E-state index is 0.00184. The minimum Gasteiger partial charge on any atom is -0.332 e. The van der Waals surface area contributed by atoms with Crippen LogP contribution in [0, 0.1) is 28.7 Å². The van der Waals surface area contributed by atoms with Crippen molar-refractivity contribution in [2.75, 3.05) is 10.6 Å². The highest BCUT2D eigenvalue weighted by atomic mass is 32.1. The first-order valence-corrected chi connectivity index (χ1v) is 6.56. The van der Waals surface area contributed by atoms with Crippen molar-refractivity contribution in [3.63, 3.8) is 0 Å². The molecule has 114 valence electrons. The summed E-state index contributed by atoms with van der Waals surface area (Å²) in [6.45, 7) is 1.74. The molecule has 2 N–H and O–H groups in total. The molecule has 2 rings (SSSR count). The summed E-state index contributed by atoms with van der Waals surface area (Å²) < 4.78 is 26.3. The Morgan fingerprint density at radius 1 is 1.14 bits per heavy atom. The van der Waals surface area contributed by atoms with E-state index in [0.717, 1.165) is 17.7 Å². The van der Waals surface area contributed by atoms with Gasteiger partial charge in [0.1, 0.15) is 11.6 Å². The molecule has 0 aliphatic carbocycles. The number of anilines is 2. The van der Waals surface area contributed by atoms with Crippen LogP contribution in [0.4, 0.5) is 25.8 Å². The van der Waals surface area contributed by atoms with Crippen LogP contribution in [-0.4, -0.2) is 10.0 Å². The summed E-state index contributed by atoms with van der Waals surface area (Å²) in [5, 5.41) is 16.1.